The summed E-state index contributed by atoms with van der Waals surface area (Å²) in [4.78, 5) is 11.7. The molecule has 0 unspecified atom stereocenters. The molecule has 0 aliphatic heterocycles. The van der Waals surface area contributed by atoms with E-state index in [-0.39, 0.29) is 11.9 Å². The summed E-state index contributed by atoms with van der Waals surface area (Å²) in [6.45, 7) is 0.193. The standard InChI is InChI=1S/C21H13FN2O2/c22-19-17-9-8-13(11-23)10-18(17)24(20(19)21(25)26)12-15-6-3-5-14-4-1-2-7-16(14)15/h1-10H,12H2,(H,25,26). The van der Waals surface area contributed by atoms with E-state index in [0.29, 0.717) is 11.1 Å². The van der Waals surface area contributed by atoms with Crippen molar-refractivity contribution in [1.29, 1.82) is 5.26 Å². The SMILES string of the molecule is N#Cc1ccc2c(F)c(C(=O)O)n(Cc3cccc4ccccc34)c2c1. The maximum absolute atomic E-state index is 14.7. The molecule has 126 valence electrons. The summed E-state index contributed by atoms with van der Waals surface area (Å²) in [6.07, 6.45) is 0. The second-order valence-corrected chi connectivity index (χ2v) is 6.04. The average Bonchev–Trinajstić information content (AvgIpc) is 2.93. The van der Waals surface area contributed by atoms with E-state index in [4.69, 9.17) is 5.26 Å². The zero-order valence-corrected chi connectivity index (χ0v) is 13.6. The molecule has 0 amide bonds. The number of fused-ring (bicyclic) bond motifs is 2. The molecule has 4 aromatic rings. The molecule has 26 heavy (non-hydrogen) atoms. The van der Waals surface area contributed by atoms with E-state index in [1.807, 2.05) is 48.5 Å². The number of hydrogen-bond acceptors (Lipinski definition) is 2. The smallest absolute Gasteiger partial charge is 0.355 e. The number of hydrogen-bond donors (Lipinski definition) is 1. The highest BCUT2D eigenvalue weighted by Crippen LogP contribution is 2.28. The van der Waals surface area contributed by atoms with E-state index < -0.39 is 17.5 Å². The summed E-state index contributed by atoms with van der Waals surface area (Å²) in [5.74, 6) is -2.12. The molecule has 0 saturated heterocycles. The van der Waals surface area contributed by atoms with Gasteiger partial charge in [-0.2, -0.15) is 5.26 Å². The molecule has 0 fully saturated rings. The molecule has 0 aliphatic rings. The van der Waals surface area contributed by atoms with Crippen molar-refractivity contribution in [1.82, 2.24) is 4.57 Å². The molecule has 4 rings (SSSR count). The third-order valence-electron chi connectivity index (χ3n) is 4.54. The summed E-state index contributed by atoms with van der Waals surface area (Å²) < 4.78 is 16.1. The molecule has 0 radical (unpaired) electrons. The van der Waals surface area contributed by atoms with Gasteiger partial charge in [-0.15, -0.1) is 0 Å². The molecule has 1 aromatic heterocycles. The molecule has 0 atom stereocenters. The summed E-state index contributed by atoms with van der Waals surface area (Å²) in [6, 6.07) is 20.0. The van der Waals surface area contributed by atoms with Gasteiger partial charge in [0, 0.05) is 11.9 Å². The largest absolute Gasteiger partial charge is 0.476 e. The van der Waals surface area contributed by atoms with Gasteiger partial charge in [0.1, 0.15) is 0 Å². The van der Waals surface area contributed by atoms with Crippen molar-refractivity contribution >= 4 is 27.6 Å². The third kappa shape index (κ3) is 2.40. The van der Waals surface area contributed by atoms with Gasteiger partial charge in [0.15, 0.2) is 11.5 Å². The lowest BCUT2D eigenvalue weighted by atomic mass is 10.0. The number of carboxylic acids is 1. The van der Waals surface area contributed by atoms with Crippen LogP contribution in [0.15, 0.2) is 60.7 Å². The van der Waals surface area contributed by atoms with Crippen LogP contribution >= 0.6 is 0 Å². The fraction of sp³-hybridized carbons (Fsp3) is 0.0476. The lowest BCUT2D eigenvalue weighted by molar-refractivity contribution is 0.0681. The molecule has 0 aliphatic carbocycles. The first-order valence-corrected chi connectivity index (χ1v) is 8.02. The number of carbonyl (C=O) groups is 1. The number of nitriles is 1. The summed E-state index contributed by atoms with van der Waals surface area (Å²) in [7, 11) is 0. The van der Waals surface area contributed by atoms with E-state index in [0.717, 1.165) is 16.3 Å². The van der Waals surface area contributed by atoms with Gasteiger partial charge in [-0.25, -0.2) is 9.18 Å². The summed E-state index contributed by atoms with van der Waals surface area (Å²) >= 11 is 0. The molecule has 3 aromatic carbocycles. The van der Waals surface area contributed by atoms with Crippen LogP contribution in [0.5, 0.6) is 0 Å². The third-order valence-corrected chi connectivity index (χ3v) is 4.54. The number of carboxylic acid groups (broad SMARTS) is 1. The van der Waals surface area contributed by atoms with Gasteiger partial charge in [-0.05, 0) is 34.5 Å². The van der Waals surface area contributed by atoms with E-state index in [2.05, 4.69) is 0 Å². The second kappa shape index (κ2) is 6.01. The van der Waals surface area contributed by atoms with E-state index >= 15 is 0 Å². The molecule has 0 saturated carbocycles. The zero-order valence-electron chi connectivity index (χ0n) is 13.6. The highest BCUT2D eigenvalue weighted by atomic mass is 19.1. The monoisotopic (exact) mass is 344 g/mol. The van der Waals surface area contributed by atoms with Crippen LogP contribution in [-0.4, -0.2) is 15.6 Å². The Morgan fingerprint density at radius 2 is 1.85 bits per heavy atom. The zero-order chi connectivity index (χ0) is 18.3. The van der Waals surface area contributed by atoms with Gasteiger partial charge in [0.25, 0.3) is 0 Å². The maximum atomic E-state index is 14.7. The van der Waals surface area contributed by atoms with Gasteiger partial charge in [-0.1, -0.05) is 42.5 Å². The number of halogens is 1. The first-order valence-electron chi connectivity index (χ1n) is 8.02. The van der Waals surface area contributed by atoms with Crippen LogP contribution in [0.3, 0.4) is 0 Å². The van der Waals surface area contributed by atoms with Crippen molar-refractivity contribution in [2.24, 2.45) is 0 Å². The first-order chi connectivity index (χ1) is 12.6. The van der Waals surface area contributed by atoms with Crippen LogP contribution in [-0.2, 0) is 6.54 Å². The molecule has 5 heteroatoms. The Labute approximate surface area is 148 Å². The average molecular weight is 344 g/mol. The van der Waals surface area contributed by atoms with Crippen LogP contribution in [0.2, 0.25) is 0 Å². The van der Waals surface area contributed by atoms with Crippen LogP contribution in [0, 0.1) is 17.1 Å². The first kappa shape index (κ1) is 15.9. The maximum Gasteiger partial charge on any atom is 0.355 e. The van der Waals surface area contributed by atoms with Crippen molar-refractivity contribution in [3.63, 3.8) is 0 Å². The minimum atomic E-state index is -1.34. The molecule has 1 heterocycles. The van der Waals surface area contributed by atoms with Crippen molar-refractivity contribution in [2.45, 2.75) is 6.54 Å². The van der Waals surface area contributed by atoms with E-state index in [1.54, 1.807) is 0 Å². The minimum absolute atomic E-state index is 0.193. The number of aromatic nitrogens is 1. The van der Waals surface area contributed by atoms with Crippen LogP contribution in [0.1, 0.15) is 21.6 Å². The van der Waals surface area contributed by atoms with Crippen LogP contribution in [0.25, 0.3) is 21.7 Å². The number of aromatic carboxylic acids is 1. The molecule has 4 nitrogen and oxygen atoms in total. The Kier molecular flexibility index (Phi) is 3.67. The van der Waals surface area contributed by atoms with Crippen molar-refractivity contribution < 1.29 is 14.3 Å². The van der Waals surface area contributed by atoms with E-state index in [1.165, 1.54) is 22.8 Å². The minimum Gasteiger partial charge on any atom is -0.476 e. The Morgan fingerprint density at radius 3 is 2.62 bits per heavy atom. The Bertz CT molecular complexity index is 1210. The predicted octanol–water partition coefficient (Wildman–Crippen LogP) is 4.55. The normalized spacial score (nSPS) is 10.9. The molecule has 1 N–H and O–H groups in total. The van der Waals surface area contributed by atoms with Gasteiger partial charge < -0.3 is 9.67 Å². The summed E-state index contributed by atoms with van der Waals surface area (Å²) in [5.41, 5.74) is 1.23. The van der Waals surface area contributed by atoms with Gasteiger partial charge in [-0.3, -0.25) is 0 Å². The van der Waals surface area contributed by atoms with Crippen molar-refractivity contribution in [3.8, 4) is 6.07 Å². The molecular weight excluding hydrogens is 331 g/mol. The van der Waals surface area contributed by atoms with Crippen LogP contribution in [0.4, 0.5) is 4.39 Å². The fourth-order valence-electron chi connectivity index (χ4n) is 3.35. The molecule has 0 spiro atoms. The Morgan fingerprint density at radius 1 is 1.08 bits per heavy atom. The quantitative estimate of drug-likeness (QED) is 0.593. The van der Waals surface area contributed by atoms with Gasteiger partial charge in [0.05, 0.1) is 17.1 Å². The van der Waals surface area contributed by atoms with Crippen molar-refractivity contribution in [3.05, 3.63) is 83.3 Å². The van der Waals surface area contributed by atoms with Crippen molar-refractivity contribution in [2.75, 3.05) is 0 Å². The molecular formula is C21H13FN2O2. The highest BCUT2D eigenvalue weighted by molar-refractivity contribution is 5.96. The lowest BCUT2D eigenvalue weighted by Crippen LogP contribution is -2.11. The van der Waals surface area contributed by atoms with E-state index in [9.17, 15) is 14.3 Å². The predicted molar refractivity (Wildman–Crippen MR) is 96.6 cm³/mol. The Hall–Kier alpha value is -3.65. The number of nitrogens with zero attached hydrogens (tertiary/aromatic N) is 2. The number of benzene rings is 3. The highest BCUT2D eigenvalue weighted by Gasteiger charge is 2.23. The van der Waals surface area contributed by atoms with Crippen LogP contribution < -0.4 is 0 Å². The summed E-state index contributed by atoms with van der Waals surface area (Å²) in [5, 5.41) is 20.9. The fourth-order valence-corrected chi connectivity index (χ4v) is 3.35. The lowest BCUT2D eigenvalue weighted by Gasteiger charge is -2.11. The number of rotatable bonds is 3. The topological polar surface area (TPSA) is 66.0 Å². The Balaban J connectivity index is 1.99. The molecule has 0 bridgehead atoms. The van der Waals surface area contributed by atoms with Gasteiger partial charge in [0.2, 0.25) is 0 Å². The second-order valence-electron chi connectivity index (χ2n) is 6.04. The van der Waals surface area contributed by atoms with Gasteiger partial charge >= 0.3 is 5.97 Å².